The molecule has 0 spiro atoms. The van der Waals surface area contributed by atoms with Crippen LogP contribution in [0.2, 0.25) is 0 Å². The number of hydrogen-bond donors (Lipinski definition) is 2. The third-order valence-electron chi connectivity index (χ3n) is 3.20. The highest BCUT2D eigenvalue weighted by atomic mass is 32.2. The van der Waals surface area contributed by atoms with Crippen molar-refractivity contribution in [3.63, 3.8) is 0 Å². The zero-order chi connectivity index (χ0) is 11.1. The molecule has 1 rings (SSSR count). The Morgan fingerprint density at radius 2 is 2.33 bits per heavy atom. The van der Waals surface area contributed by atoms with Crippen molar-refractivity contribution in [1.82, 2.24) is 5.43 Å². The smallest absolute Gasteiger partial charge is 0.0465 e. The molecule has 1 aliphatic rings. The van der Waals surface area contributed by atoms with Gasteiger partial charge in [-0.3, -0.25) is 11.3 Å². The Morgan fingerprint density at radius 3 is 2.87 bits per heavy atom. The van der Waals surface area contributed by atoms with Crippen LogP contribution in [0.3, 0.4) is 0 Å². The first kappa shape index (κ1) is 13.3. The lowest BCUT2D eigenvalue weighted by Crippen LogP contribution is -2.47. The predicted octanol–water partition coefficient (Wildman–Crippen LogP) is 1.78. The third-order valence-corrected chi connectivity index (χ3v) is 4.68. The molecule has 0 aromatic heterocycles. The van der Waals surface area contributed by atoms with Crippen molar-refractivity contribution in [2.75, 3.05) is 19.5 Å². The van der Waals surface area contributed by atoms with Gasteiger partial charge in [0.05, 0.1) is 0 Å². The zero-order valence-corrected chi connectivity index (χ0v) is 10.7. The minimum absolute atomic E-state index is 0.436. The molecular weight excluding hydrogens is 208 g/mol. The summed E-state index contributed by atoms with van der Waals surface area (Å²) in [5.41, 5.74) is 3.00. The molecule has 0 aromatic rings. The van der Waals surface area contributed by atoms with Crippen molar-refractivity contribution in [1.29, 1.82) is 0 Å². The molecule has 0 aromatic carbocycles. The second-order valence-corrected chi connectivity index (χ2v) is 5.70. The molecule has 3 atom stereocenters. The molecule has 1 saturated heterocycles. The number of rotatable bonds is 6. The van der Waals surface area contributed by atoms with E-state index in [1.807, 2.05) is 0 Å². The fourth-order valence-corrected chi connectivity index (χ4v) is 3.73. The molecule has 90 valence electrons. The molecule has 15 heavy (non-hydrogen) atoms. The number of thioether (sulfide) groups is 1. The molecule has 3 nitrogen and oxygen atoms in total. The van der Waals surface area contributed by atoms with Crippen LogP contribution in [0.15, 0.2) is 0 Å². The van der Waals surface area contributed by atoms with Gasteiger partial charge < -0.3 is 4.74 Å². The van der Waals surface area contributed by atoms with Gasteiger partial charge in [0.25, 0.3) is 0 Å². The third kappa shape index (κ3) is 4.31. The van der Waals surface area contributed by atoms with Gasteiger partial charge in [0.1, 0.15) is 0 Å². The first-order chi connectivity index (χ1) is 7.29. The Balaban J connectivity index is 2.37. The van der Waals surface area contributed by atoms with E-state index in [9.17, 15) is 0 Å². The summed E-state index contributed by atoms with van der Waals surface area (Å²) in [7, 11) is 1.76. The molecule has 1 fully saturated rings. The van der Waals surface area contributed by atoms with Crippen LogP contribution < -0.4 is 11.3 Å². The molecular formula is C11H24N2OS. The summed E-state index contributed by atoms with van der Waals surface area (Å²) in [5.74, 6) is 7.55. The van der Waals surface area contributed by atoms with Crippen molar-refractivity contribution in [2.24, 2.45) is 11.8 Å². The number of hydrazine groups is 1. The molecule has 0 radical (unpaired) electrons. The van der Waals surface area contributed by atoms with E-state index < -0.39 is 0 Å². The van der Waals surface area contributed by atoms with Crippen LogP contribution in [0.5, 0.6) is 0 Å². The molecule has 0 bridgehead atoms. The van der Waals surface area contributed by atoms with Crippen molar-refractivity contribution in [3.05, 3.63) is 0 Å². The van der Waals surface area contributed by atoms with Crippen LogP contribution in [0, 0.1) is 5.92 Å². The number of methoxy groups -OCH3 is 1. The fourth-order valence-electron chi connectivity index (χ4n) is 2.17. The predicted molar refractivity (Wildman–Crippen MR) is 66.9 cm³/mol. The number of hydrogen-bond acceptors (Lipinski definition) is 4. The largest absolute Gasteiger partial charge is 0.385 e. The van der Waals surface area contributed by atoms with Crippen LogP contribution in [0.4, 0.5) is 0 Å². The number of nitrogens with one attached hydrogen (secondary N) is 1. The summed E-state index contributed by atoms with van der Waals surface area (Å²) in [4.78, 5) is 0. The van der Waals surface area contributed by atoms with E-state index in [4.69, 9.17) is 10.6 Å². The monoisotopic (exact) mass is 232 g/mol. The molecule has 0 saturated carbocycles. The fraction of sp³-hybridized carbons (Fsp3) is 1.00. The average Bonchev–Trinajstić information content (AvgIpc) is 2.29. The molecule has 0 amide bonds. The lowest BCUT2D eigenvalue weighted by molar-refractivity contribution is 0.169. The topological polar surface area (TPSA) is 47.3 Å². The van der Waals surface area contributed by atoms with Crippen LogP contribution in [0.25, 0.3) is 0 Å². The molecule has 1 heterocycles. The van der Waals surface area contributed by atoms with E-state index in [2.05, 4.69) is 24.1 Å². The van der Waals surface area contributed by atoms with Crippen LogP contribution in [-0.2, 0) is 4.74 Å². The van der Waals surface area contributed by atoms with E-state index in [1.165, 1.54) is 25.0 Å². The Kier molecular flexibility index (Phi) is 6.64. The zero-order valence-electron chi connectivity index (χ0n) is 9.87. The molecule has 0 aliphatic carbocycles. The molecule has 3 unspecified atom stereocenters. The van der Waals surface area contributed by atoms with Crippen LogP contribution in [0.1, 0.15) is 32.6 Å². The van der Waals surface area contributed by atoms with Gasteiger partial charge in [0.2, 0.25) is 0 Å². The summed E-state index contributed by atoms with van der Waals surface area (Å²) in [6.07, 6.45) is 5.11. The van der Waals surface area contributed by atoms with Gasteiger partial charge >= 0.3 is 0 Å². The SMILES string of the molecule is COCCC(C)C(NN)C1CCCCS1. The second kappa shape index (κ2) is 7.49. The van der Waals surface area contributed by atoms with Gasteiger partial charge in [-0.2, -0.15) is 11.8 Å². The van der Waals surface area contributed by atoms with Gasteiger partial charge in [-0.25, -0.2) is 0 Å². The van der Waals surface area contributed by atoms with E-state index in [-0.39, 0.29) is 0 Å². The lowest BCUT2D eigenvalue weighted by Gasteiger charge is -2.33. The van der Waals surface area contributed by atoms with Crippen molar-refractivity contribution < 1.29 is 4.74 Å². The van der Waals surface area contributed by atoms with Crippen molar-refractivity contribution >= 4 is 11.8 Å². The van der Waals surface area contributed by atoms with E-state index in [1.54, 1.807) is 7.11 Å². The van der Waals surface area contributed by atoms with Gasteiger partial charge in [-0.15, -0.1) is 0 Å². The van der Waals surface area contributed by atoms with Gasteiger partial charge in [0, 0.05) is 25.0 Å². The highest BCUT2D eigenvalue weighted by Crippen LogP contribution is 2.30. The summed E-state index contributed by atoms with van der Waals surface area (Å²) >= 11 is 2.07. The van der Waals surface area contributed by atoms with Gasteiger partial charge in [-0.05, 0) is 30.9 Å². The second-order valence-electron chi connectivity index (χ2n) is 4.36. The Labute approximate surface area is 97.5 Å². The van der Waals surface area contributed by atoms with E-state index in [0.717, 1.165) is 13.0 Å². The standard InChI is InChI=1S/C11H24N2OS/c1-9(6-7-14-2)11(13-12)10-5-3-4-8-15-10/h9-11,13H,3-8,12H2,1-2H3. The van der Waals surface area contributed by atoms with E-state index in [0.29, 0.717) is 17.2 Å². The van der Waals surface area contributed by atoms with Crippen LogP contribution >= 0.6 is 11.8 Å². The van der Waals surface area contributed by atoms with Crippen molar-refractivity contribution in [3.8, 4) is 0 Å². The Morgan fingerprint density at radius 1 is 1.53 bits per heavy atom. The summed E-state index contributed by atoms with van der Waals surface area (Å²) in [5, 5.41) is 0.690. The van der Waals surface area contributed by atoms with Gasteiger partial charge in [-0.1, -0.05) is 13.3 Å². The average molecular weight is 232 g/mol. The van der Waals surface area contributed by atoms with Gasteiger partial charge in [0.15, 0.2) is 0 Å². The first-order valence-electron chi connectivity index (χ1n) is 5.86. The Bertz CT molecular complexity index is 163. The normalized spacial score (nSPS) is 26.2. The lowest BCUT2D eigenvalue weighted by atomic mass is 9.93. The van der Waals surface area contributed by atoms with Crippen molar-refractivity contribution in [2.45, 2.75) is 43.9 Å². The Hall–Kier alpha value is 0.230. The highest BCUT2D eigenvalue weighted by molar-refractivity contribution is 8.00. The maximum Gasteiger partial charge on any atom is 0.0465 e. The highest BCUT2D eigenvalue weighted by Gasteiger charge is 2.27. The molecule has 4 heteroatoms. The summed E-state index contributed by atoms with van der Waals surface area (Å²) in [6, 6.07) is 0.436. The molecule has 1 aliphatic heterocycles. The molecule has 3 N–H and O–H groups in total. The maximum absolute atomic E-state index is 5.67. The van der Waals surface area contributed by atoms with E-state index >= 15 is 0 Å². The first-order valence-corrected chi connectivity index (χ1v) is 6.91. The minimum atomic E-state index is 0.436. The van der Waals surface area contributed by atoms with Crippen LogP contribution in [-0.4, -0.2) is 30.8 Å². The maximum atomic E-state index is 5.67. The summed E-state index contributed by atoms with van der Waals surface area (Å²) < 4.78 is 5.12. The quantitative estimate of drug-likeness (QED) is 0.541. The minimum Gasteiger partial charge on any atom is -0.385 e. The summed E-state index contributed by atoms with van der Waals surface area (Å²) in [6.45, 7) is 3.09. The number of nitrogens with two attached hydrogens (primary N) is 1. The number of ether oxygens (including phenoxy) is 1.